The second kappa shape index (κ2) is 4.54. The highest BCUT2D eigenvalue weighted by Gasteiger charge is 2.17. The summed E-state index contributed by atoms with van der Waals surface area (Å²) in [7, 11) is 0. The molecular formula is C10H11NO4. The number of nitrogens with zero attached hydrogens (tertiary/aromatic N) is 1. The molecule has 0 aliphatic rings. The summed E-state index contributed by atoms with van der Waals surface area (Å²) in [5, 5.41) is 10.7. The van der Waals surface area contributed by atoms with Gasteiger partial charge in [0, 0.05) is 0 Å². The van der Waals surface area contributed by atoms with Crippen LogP contribution in [0.15, 0.2) is 18.2 Å². The lowest BCUT2D eigenvalue weighted by molar-refractivity contribution is -0.385. The van der Waals surface area contributed by atoms with E-state index < -0.39 is 4.92 Å². The first-order chi connectivity index (χ1) is 7.06. The van der Waals surface area contributed by atoms with Crippen LogP contribution in [0, 0.1) is 10.1 Å². The van der Waals surface area contributed by atoms with Crippen molar-refractivity contribution in [2.45, 2.75) is 13.8 Å². The second-order valence-corrected chi connectivity index (χ2v) is 2.93. The highest BCUT2D eigenvalue weighted by Crippen LogP contribution is 2.24. The molecule has 0 aliphatic carbocycles. The van der Waals surface area contributed by atoms with Crippen LogP contribution >= 0.6 is 0 Å². The molecule has 0 aromatic heterocycles. The van der Waals surface area contributed by atoms with Gasteiger partial charge >= 0.3 is 0 Å². The van der Waals surface area contributed by atoms with E-state index in [-0.39, 0.29) is 17.0 Å². The van der Waals surface area contributed by atoms with Crippen LogP contribution < -0.4 is 4.74 Å². The number of carbonyl (C=O) groups is 1. The van der Waals surface area contributed by atoms with Gasteiger partial charge in [0.1, 0.15) is 5.75 Å². The van der Waals surface area contributed by atoms with Gasteiger partial charge in [-0.3, -0.25) is 14.9 Å². The fraction of sp³-hybridized carbons (Fsp3) is 0.300. The van der Waals surface area contributed by atoms with Gasteiger partial charge in [-0.2, -0.15) is 0 Å². The summed E-state index contributed by atoms with van der Waals surface area (Å²) in [5.41, 5.74) is -0.114. The minimum atomic E-state index is -0.584. The maximum absolute atomic E-state index is 11.1. The number of nitro groups is 1. The quantitative estimate of drug-likeness (QED) is 0.433. The van der Waals surface area contributed by atoms with E-state index in [9.17, 15) is 14.9 Å². The maximum Gasteiger partial charge on any atom is 0.283 e. The number of carbonyl (C=O) groups excluding carboxylic acids is 1. The van der Waals surface area contributed by atoms with Crippen LogP contribution in [0.2, 0.25) is 0 Å². The molecular weight excluding hydrogens is 198 g/mol. The van der Waals surface area contributed by atoms with E-state index in [1.165, 1.54) is 19.1 Å². The van der Waals surface area contributed by atoms with Crippen LogP contribution in [0.25, 0.3) is 0 Å². The van der Waals surface area contributed by atoms with Gasteiger partial charge in [-0.25, -0.2) is 0 Å². The molecule has 0 amide bonds. The van der Waals surface area contributed by atoms with Gasteiger partial charge < -0.3 is 4.74 Å². The number of rotatable bonds is 4. The number of hydrogen-bond acceptors (Lipinski definition) is 4. The Morgan fingerprint density at radius 2 is 2.20 bits per heavy atom. The summed E-state index contributed by atoms with van der Waals surface area (Å²) in [6.07, 6.45) is 0. The first-order valence-electron chi connectivity index (χ1n) is 4.48. The molecule has 15 heavy (non-hydrogen) atoms. The van der Waals surface area contributed by atoms with Gasteiger partial charge in [-0.15, -0.1) is 0 Å². The molecule has 0 radical (unpaired) electrons. The highest BCUT2D eigenvalue weighted by molar-refractivity contribution is 5.98. The molecule has 0 saturated carbocycles. The van der Waals surface area contributed by atoms with E-state index in [1.54, 1.807) is 13.0 Å². The van der Waals surface area contributed by atoms with Gasteiger partial charge in [0.2, 0.25) is 0 Å². The number of benzene rings is 1. The number of Topliss-reactive ketones (excluding diaryl/α,β-unsaturated/α-hetero) is 1. The smallest absolute Gasteiger partial charge is 0.283 e. The Labute approximate surface area is 86.8 Å². The van der Waals surface area contributed by atoms with Gasteiger partial charge in [-0.1, -0.05) is 0 Å². The van der Waals surface area contributed by atoms with Crippen molar-refractivity contribution in [3.8, 4) is 5.75 Å². The van der Waals surface area contributed by atoms with Gasteiger partial charge in [-0.05, 0) is 26.0 Å². The predicted molar refractivity (Wildman–Crippen MR) is 54.3 cm³/mol. The zero-order chi connectivity index (χ0) is 11.4. The average molecular weight is 209 g/mol. The fourth-order valence-electron chi connectivity index (χ4n) is 1.22. The van der Waals surface area contributed by atoms with Gasteiger partial charge in [0.15, 0.2) is 5.78 Å². The second-order valence-electron chi connectivity index (χ2n) is 2.93. The number of ether oxygens (including phenoxy) is 1. The lowest BCUT2D eigenvalue weighted by atomic mass is 10.1. The van der Waals surface area contributed by atoms with E-state index in [1.807, 2.05) is 0 Å². The third-order valence-electron chi connectivity index (χ3n) is 1.86. The topological polar surface area (TPSA) is 69.4 Å². The van der Waals surface area contributed by atoms with Crippen LogP contribution in [0.1, 0.15) is 24.2 Å². The first kappa shape index (κ1) is 11.2. The van der Waals surface area contributed by atoms with Crippen molar-refractivity contribution in [3.63, 3.8) is 0 Å². The standard InChI is InChI=1S/C10H11NO4/c1-3-15-8-4-5-9(7(2)12)10(6-8)11(13)14/h4-6H,3H2,1-2H3. The van der Waals surface area contributed by atoms with E-state index in [4.69, 9.17) is 4.74 Å². The molecule has 1 aromatic rings. The van der Waals surface area contributed by atoms with Crippen molar-refractivity contribution in [2.24, 2.45) is 0 Å². The van der Waals surface area contributed by atoms with E-state index >= 15 is 0 Å². The van der Waals surface area contributed by atoms with Crippen molar-refractivity contribution in [2.75, 3.05) is 6.61 Å². The fourth-order valence-corrected chi connectivity index (χ4v) is 1.22. The van der Waals surface area contributed by atoms with E-state index in [2.05, 4.69) is 0 Å². The van der Waals surface area contributed by atoms with Gasteiger partial charge in [0.05, 0.1) is 23.2 Å². The number of hydrogen-bond donors (Lipinski definition) is 0. The summed E-state index contributed by atoms with van der Waals surface area (Å²) in [6.45, 7) is 3.50. The van der Waals surface area contributed by atoms with Crippen molar-refractivity contribution in [3.05, 3.63) is 33.9 Å². The van der Waals surface area contributed by atoms with Gasteiger partial charge in [0.25, 0.3) is 5.69 Å². The van der Waals surface area contributed by atoms with E-state index in [0.29, 0.717) is 12.4 Å². The van der Waals surface area contributed by atoms with Crippen molar-refractivity contribution < 1.29 is 14.5 Å². The highest BCUT2D eigenvalue weighted by atomic mass is 16.6. The van der Waals surface area contributed by atoms with Crippen LogP contribution in [0.3, 0.4) is 0 Å². The molecule has 0 N–H and O–H groups in total. The molecule has 80 valence electrons. The van der Waals surface area contributed by atoms with Crippen LogP contribution in [-0.2, 0) is 0 Å². The van der Waals surface area contributed by atoms with Crippen LogP contribution in [0.4, 0.5) is 5.69 Å². The third-order valence-corrected chi connectivity index (χ3v) is 1.86. The summed E-state index contributed by atoms with van der Waals surface area (Å²) >= 11 is 0. The minimum absolute atomic E-state index is 0.100. The zero-order valence-corrected chi connectivity index (χ0v) is 8.52. The first-order valence-corrected chi connectivity index (χ1v) is 4.48. The lowest BCUT2D eigenvalue weighted by Gasteiger charge is -2.04. The molecule has 0 bridgehead atoms. The van der Waals surface area contributed by atoms with Crippen LogP contribution in [0.5, 0.6) is 5.75 Å². The Kier molecular flexibility index (Phi) is 3.38. The molecule has 0 spiro atoms. The summed E-state index contributed by atoms with van der Waals surface area (Å²) in [4.78, 5) is 21.2. The molecule has 0 aliphatic heterocycles. The Hall–Kier alpha value is -1.91. The molecule has 0 atom stereocenters. The van der Waals surface area contributed by atoms with Crippen molar-refractivity contribution in [1.82, 2.24) is 0 Å². The molecule has 5 heteroatoms. The normalized spacial score (nSPS) is 9.73. The molecule has 1 rings (SSSR count). The molecule has 1 aromatic carbocycles. The monoisotopic (exact) mass is 209 g/mol. The molecule has 0 unspecified atom stereocenters. The number of nitro benzene ring substituents is 1. The minimum Gasteiger partial charge on any atom is -0.494 e. The summed E-state index contributed by atoms with van der Waals surface area (Å²) < 4.78 is 5.12. The Morgan fingerprint density at radius 1 is 1.53 bits per heavy atom. The van der Waals surface area contributed by atoms with Crippen molar-refractivity contribution >= 4 is 11.5 Å². The lowest BCUT2D eigenvalue weighted by Crippen LogP contribution is -2.01. The molecule has 0 fully saturated rings. The average Bonchev–Trinajstić information content (AvgIpc) is 2.17. The summed E-state index contributed by atoms with van der Waals surface area (Å²) in [5.74, 6) is 0.0685. The largest absolute Gasteiger partial charge is 0.494 e. The predicted octanol–water partition coefficient (Wildman–Crippen LogP) is 2.20. The third kappa shape index (κ3) is 2.52. The zero-order valence-electron chi connectivity index (χ0n) is 8.52. The maximum atomic E-state index is 11.1. The molecule has 0 heterocycles. The Bertz CT molecular complexity index is 400. The SMILES string of the molecule is CCOc1ccc(C(C)=O)c([N+](=O)[O-])c1. The number of ketones is 1. The van der Waals surface area contributed by atoms with Crippen LogP contribution in [-0.4, -0.2) is 17.3 Å². The van der Waals surface area contributed by atoms with E-state index in [0.717, 1.165) is 0 Å². The summed E-state index contributed by atoms with van der Waals surface area (Å²) in [6, 6.07) is 4.22. The molecule has 0 saturated heterocycles. The molecule has 5 nitrogen and oxygen atoms in total. The Balaban J connectivity index is 3.21. The Morgan fingerprint density at radius 3 is 2.67 bits per heavy atom. The van der Waals surface area contributed by atoms with Crippen molar-refractivity contribution in [1.29, 1.82) is 0 Å².